The van der Waals surface area contributed by atoms with E-state index < -0.39 is 10.4 Å². The van der Waals surface area contributed by atoms with Gasteiger partial charge in [0.05, 0.1) is 0 Å². The molecule has 0 rings (SSSR count). The SMILES string of the molecule is O=S(=O)(O)O.OO.[Cl][Cu][Cl]. The van der Waals surface area contributed by atoms with Crippen molar-refractivity contribution in [3.63, 3.8) is 0 Å². The molecule has 0 aliphatic carbocycles. The fourth-order valence-electron chi connectivity index (χ4n) is 0. The van der Waals surface area contributed by atoms with Gasteiger partial charge in [-0.3, -0.25) is 19.6 Å². The second kappa shape index (κ2) is 12.6. The van der Waals surface area contributed by atoms with Crippen molar-refractivity contribution in [3.05, 3.63) is 0 Å². The maximum atomic E-state index is 8.74. The number of hydrogen-bond donors (Lipinski definition) is 4. The summed E-state index contributed by atoms with van der Waals surface area (Å²) in [7, 11) is 4.67. The molecule has 0 aromatic rings. The van der Waals surface area contributed by atoms with Gasteiger partial charge in [-0.1, -0.05) is 0 Å². The third-order valence-corrected chi connectivity index (χ3v) is 0. The topological polar surface area (TPSA) is 115 Å². The van der Waals surface area contributed by atoms with Crippen LogP contribution in [-0.4, -0.2) is 28.0 Å². The summed E-state index contributed by atoms with van der Waals surface area (Å²) in [6.07, 6.45) is 0. The quantitative estimate of drug-likeness (QED) is 0.222. The summed E-state index contributed by atoms with van der Waals surface area (Å²) >= 11 is 0.757. The molecule has 0 radical (unpaired) electrons. The van der Waals surface area contributed by atoms with Gasteiger partial charge in [-0.15, -0.1) is 0 Å². The predicted octanol–water partition coefficient (Wildman–Crippen LogP) is 0.741. The Morgan fingerprint density at radius 3 is 1.10 bits per heavy atom. The Labute approximate surface area is 71.9 Å². The van der Waals surface area contributed by atoms with Gasteiger partial charge in [0.2, 0.25) is 0 Å². The summed E-state index contributed by atoms with van der Waals surface area (Å²) in [6.45, 7) is 0. The second-order valence-electron chi connectivity index (χ2n) is 0.491. The molecule has 0 aromatic carbocycles. The van der Waals surface area contributed by atoms with E-state index in [0.29, 0.717) is 0 Å². The molecule has 0 aliphatic rings. The summed E-state index contributed by atoms with van der Waals surface area (Å²) in [5.41, 5.74) is 0. The van der Waals surface area contributed by atoms with E-state index in [1.807, 2.05) is 0 Å². The van der Waals surface area contributed by atoms with Gasteiger partial charge in [-0.05, 0) is 0 Å². The van der Waals surface area contributed by atoms with Crippen LogP contribution in [0, 0.1) is 0 Å². The molecular weight excluding hydrogens is 263 g/mol. The van der Waals surface area contributed by atoms with E-state index in [1.165, 1.54) is 0 Å². The molecule has 71 valence electrons. The molecule has 0 aliphatic heterocycles. The summed E-state index contributed by atoms with van der Waals surface area (Å²) in [4.78, 5) is 0. The van der Waals surface area contributed by atoms with E-state index in [2.05, 4.69) is 20.2 Å². The molecule has 0 spiro atoms. The first-order valence-corrected chi connectivity index (χ1v) is 5.11. The van der Waals surface area contributed by atoms with Gasteiger partial charge in [0, 0.05) is 0 Å². The molecule has 0 aromatic heterocycles. The van der Waals surface area contributed by atoms with Crippen LogP contribution in [0.5, 0.6) is 0 Å². The third-order valence-electron chi connectivity index (χ3n) is 0. The Morgan fingerprint density at radius 2 is 1.10 bits per heavy atom. The van der Waals surface area contributed by atoms with Crippen LogP contribution in [0.2, 0.25) is 0 Å². The molecule has 0 saturated heterocycles. The molecule has 0 fully saturated rings. The van der Waals surface area contributed by atoms with Crippen molar-refractivity contribution in [2.24, 2.45) is 0 Å². The molecular formula is H4Cl2CuO6S. The molecule has 0 amide bonds. The van der Waals surface area contributed by atoms with E-state index in [9.17, 15) is 0 Å². The summed E-state index contributed by atoms with van der Waals surface area (Å²) in [6, 6.07) is 0. The minimum atomic E-state index is -4.67. The van der Waals surface area contributed by atoms with Crippen LogP contribution in [0.4, 0.5) is 0 Å². The van der Waals surface area contributed by atoms with Crippen molar-refractivity contribution in [2.45, 2.75) is 0 Å². The number of halogens is 2. The standard InChI is InChI=1S/2ClH.Cu.H2O4S.H2O2/c;;;1-5(2,3)4;1-2/h2*1H;;(H2,1,2,3,4);1-2H/q;;+2;;/p-2. The van der Waals surface area contributed by atoms with Gasteiger partial charge in [-0.25, -0.2) is 0 Å². The summed E-state index contributed by atoms with van der Waals surface area (Å²) in [5.74, 6) is 0. The fourth-order valence-corrected chi connectivity index (χ4v) is 0. The third kappa shape index (κ3) is 699. The molecule has 0 unspecified atom stereocenters. The van der Waals surface area contributed by atoms with Crippen LogP contribution in [0.3, 0.4) is 0 Å². The van der Waals surface area contributed by atoms with Gasteiger partial charge in [0.15, 0.2) is 0 Å². The Bertz CT molecular complexity index is 110. The zero-order valence-corrected chi connectivity index (χ0v) is 7.34. The van der Waals surface area contributed by atoms with Crippen LogP contribution in [0.15, 0.2) is 0 Å². The average molecular weight is 267 g/mol. The van der Waals surface area contributed by atoms with Gasteiger partial charge in [0.1, 0.15) is 0 Å². The Morgan fingerprint density at radius 1 is 1.10 bits per heavy atom. The molecule has 0 atom stereocenters. The van der Waals surface area contributed by atoms with Crippen LogP contribution in [0.1, 0.15) is 0 Å². The van der Waals surface area contributed by atoms with Gasteiger partial charge in [0.25, 0.3) is 0 Å². The van der Waals surface area contributed by atoms with Gasteiger partial charge < -0.3 is 0 Å². The van der Waals surface area contributed by atoms with Crippen molar-refractivity contribution < 1.29 is 41.2 Å². The van der Waals surface area contributed by atoms with Crippen molar-refractivity contribution in [2.75, 3.05) is 0 Å². The first kappa shape index (κ1) is 17.1. The first-order chi connectivity index (χ1) is 4.41. The van der Waals surface area contributed by atoms with Crippen molar-refractivity contribution in [3.8, 4) is 0 Å². The van der Waals surface area contributed by atoms with Crippen molar-refractivity contribution in [1.29, 1.82) is 0 Å². The molecule has 4 N–H and O–H groups in total. The van der Waals surface area contributed by atoms with Crippen molar-refractivity contribution in [1.82, 2.24) is 0 Å². The van der Waals surface area contributed by atoms with E-state index in [-0.39, 0.29) is 0 Å². The minimum absolute atomic E-state index is 0.757. The molecule has 0 bridgehead atoms. The molecule has 10 heteroatoms. The Kier molecular flexibility index (Phi) is 21.5. The molecule has 0 saturated carbocycles. The zero-order chi connectivity index (χ0) is 9.21. The van der Waals surface area contributed by atoms with Gasteiger partial charge in [-0.2, -0.15) is 8.42 Å². The van der Waals surface area contributed by atoms with E-state index in [1.54, 1.807) is 0 Å². The van der Waals surface area contributed by atoms with Crippen LogP contribution in [-0.2, 0) is 23.5 Å². The average Bonchev–Trinajstić information content (AvgIpc) is 1.68. The number of rotatable bonds is 0. The number of hydrogen-bond acceptors (Lipinski definition) is 4. The Balaban J connectivity index is -0.0000000847. The van der Waals surface area contributed by atoms with Crippen LogP contribution in [0.25, 0.3) is 0 Å². The predicted molar refractivity (Wildman–Crippen MR) is 31.1 cm³/mol. The van der Waals surface area contributed by atoms with E-state index in [0.717, 1.165) is 13.1 Å². The van der Waals surface area contributed by atoms with Crippen LogP contribution >= 0.6 is 20.2 Å². The fraction of sp³-hybridized carbons (Fsp3) is 0. The Hall–Kier alpha value is 0.889. The van der Waals surface area contributed by atoms with Crippen molar-refractivity contribution >= 4 is 30.6 Å². The summed E-state index contributed by atoms with van der Waals surface area (Å²) in [5, 5.41) is 12.0. The van der Waals surface area contributed by atoms with E-state index in [4.69, 9.17) is 28.0 Å². The monoisotopic (exact) mass is 265 g/mol. The van der Waals surface area contributed by atoms with E-state index >= 15 is 0 Å². The molecule has 6 nitrogen and oxygen atoms in total. The zero-order valence-electron chi connectivity index (χ0n) is 4.07. The maximum absolute atomic E-state index is 8.74. The molecule has 10 heavy (non-hydrogen) atoms. The van der Waals surface area contributed by atoms with Gasteiger partial charge >= 0.3 is 43.7 Å². The first-order valence-electron chi connectivity index (χ1n) is 1.13. The van der Waals surface area contributed by atoms with Crippen LogP contribution < -0.4 is 0 Å². The molecule has 0 heterocycles. The normalized spacial score (nSPS) is 8.60. The second-order valence-corrected chi connectivity index (χ2v) is 2.94. The summed E-state index contributed by atoms with van der Waals surface area (Å²) < 4.78 is 31.6.